The Morgan fingerprint density at radius 2 is 1.45 bits per heavy atom. The Bertz CT molecular complexity index is 5190. The van der Waals surface area contributed by atoms with Gasteiger partial charge in [-0.05, 0) is 162 Å². The van der Waals surface area contributed by atoms with Gasteiger partial charge in [0, 0.05) is 101 Å². The van der Waals surface area contributed by atoms with Gasteiger partial charge in [0.25, 0.3) is 11.5 Å². The number of anilines is 2. The summed E-state index contributed by atoms with van der Waals surface area (Å²) >= 11 is 0. The SMILES string of the molecule is C=CC1=C(C)c2cc3[nH]c(cc4nc(cc5[nH]c(cc1n2)c(C)c5CCC(=O)NNC(=O)OCCSSC[C@H](NC(=O)[C@H](CCCNC(=N)N)CC(=O)[C@H](CCCNC(=N)N)NC(=O)CC[C@@H](C)NC(=O)c1ccc(NCc2cnc5nc(N)[nH]c(=O)c5n2)cc1)C(=O)O)C(CCC(=O)OC)=C4C)[C@]1(C)C3=CC=C(C(=O)OC)[C@@H]1C(=O)OC. The molecule has 5 amide bonds. The average Bonchev–Trinajstić information content (AvgIpc) is 1.55. The quantitative estimate of drug-likeness (QED) is 0.00432. The van der Waals surface area contributed by atoms with Crippen LogP contribution in [0.5, 0.6) is 0 Å². The molecule has 39 heteroatoms. The van der Waals surface area contributed by atoms with Gasteiger partial charge in [0.15, 0.2) is 28.9 Å². The highest BCUT2D eigenvalue weighted by Gasteiger charge is 2.53. The van der Waals surface area contributed by atoms with Gasteiger partial charge in [-0.25, -0.2) is 39.7 Å². The van der Waals surface area contributed by atoms with Gasteiger partial charge in [0.05, 0.1) is 79.6 Å². The number of aromatic nitrogens is 8. The molecule has 4 aliphatic rings. The molecule has 20 N–H and O–H groups in total. The van der Waals surface area contributed by atoms with Crippen LogP contribution >= 0.6 is 21.6 Å². The van der Waals surface area contributed by atoms with E-state index in [4.69, 9.17) is 56.9 Å². The number of carboxylic acid groups (broad SMARTS) is 1. The Labute approximate surface area is 685 Å². The van der Waals surface area contributed by atoms with Gasteiger partial charge in [0.1, 0.15) is 18.6 Å². The van der Waals surface area contributed by atoms with Crippen molar-refractivity contribution in [1.29, 1.82) is 10.8 Å². The van der Waals surface area contributed by atoms with Crippen molar-refractivity contribution in [2.75, 3.05) is 63.6 Å². The molecule has 7 heterocycles. The molecule has 0 fully saturated rings. The molecule has 0 radical (unpaired) electrons. The summed E-state index contributed by atoms with van der Waals surface area (Å²) in [6, 6.07) is 10.8. The number of aromatic amines is 3. The molecule has 1 aliphatic carbocycles. The number of aliphatic carboxylic acids is 1. The number of nitrogens with one attached hydrogen (secondary N) is 13. The number of carbonyl (C=O) groups excluding carboxylic acids is 9. The molecule has 0 unspecified atom stereocenters. The van der Waals surface area contributed by atoms with Gasteiger partial charge in [-0.1, -0.05) is 46.4 Å². The number of rotatable bonds is 38. The fourth-order valence-electron chi connectivity index (χ4n) is 13.8. The molecule has 9 rings (SSSR count). The predicted molar refractivity (Wildman–Crippen MR) is 445 cm³/mol. The van der Waals surface area contributed by atoms with Crippen molar-refractivity contribution in [3.8, 4) is 0 Å². The highest BCUT2D eigenvalue weighted by Crippen LogP contribution is 2.53. The second-order valence-corrected chi connectivity index (χ2v) is 30.8. The first-order chi connectivity index (χ1) is 56.3. The Kier molecular flexibility index (Phi) is 31.0. The number of hydrogen-bond donors (Lipinski definition) is 17. The third-order valence-corrected chi connectivity index (χ3v) is 22.6. The van der Waals surface area contributed by atoms with Crippen LogP contribution in [0.15, 0.2) is 89.9 Å². The van der Waals surface area contributed by atoms with Crippen molar-refractivity contribution in [3.05, 3.63) is 152 Å². The third kappa shape index (κ3) is 22.8. The van der Waals surface area contributed by atoms with Crippen LogP contribution in [-0.4, -0.2) is 187 Å². The number of amides is 5. The summed E-state index contributed by atoms with van der Waals surface area (Å²) in [6.45, 7) is 13.6. The van der Waals surface area contributed by atoms with E-state index in [2.05, 4.69) is 79.2 Å². The monoisotopic (exact) mass is 1660 g/mol. The van der Waals surface area contributed by atoms with Gasteiger partial charge >= 0.3 is 30.0 Å². The summed E-state index contributed by atoms with van der Waals surface area (Å²) in [4.78, 5) is 179. The molecule has 5 aromatic rings. The molecule has 37 nitrogen and oxygen atoms in total. The number of methoxy groups -OCH3 is 3. The van der Waals surface area contributed by atoms with Gasteiger partial charge in [-0.3, -0.25) is 59.6 Å². The minimum absolute atomic E-state index is 0.00609. The van der Waals surface area contributed by atoms with Crippen LogP contribution in [0.3, 0.4) is 0 Å². The van der Waals surface area contributed by atoms with Crippen molar-refractivity contribution >= 4 is 155 Å². The van der Waals surface area contributed by atoms with E-state index < -0.39 is 107 Å². The van der Waals surface area contributed by atoms with Crippen LogP contribution in [0.1, 0.15) is 153 Å². The maximum absolute atomic E-state index is 14.3. The first-order valence-corrected chi connectivity index (χ1v) is 40.2. The van der Waals surface area contributed by atoms with Gasteiger partial charge in [0.2, 0.25) is 23.7 Å². The lowest BCUT2D eigenvalue weighted by molar-refractivity contribution is -0.149. The lowest BCUT2D eigenvalue weighted by Gasteiger charge is -2.36. The summed E-state index contributed by atoms with van der Waals surface area (Å²) in [5.74, 6) is -9.15. The predicted octanol–water partition coefficient (Wildman–Crippen LogP) is 5.64. The second-order valence-electron chi connectivity index (χ2n) is 28.2. The van der Waals surface area contributed by atoms with Crippen LogP contribution in [0.25, 0.3) is 50.1 Å². The van der Waals surface area contributed by atoms with E-state index >= 15 is 0 Å². The van der Waals surface area contributed by atoms with Gasteiger partial charge in [-0.2, -0.15) is 4.98 Å². The zero-order valence-electron chi connectivity index (χ0n) is 66.4. The number of nitrogens with two attached hydrogens (primary N) is 3. The first-order valence-electron chi connectivity index (χ1n) is 37.7. The van der Waals surface area contributed by atoms with E-state index in [0.717, 1.165) is 38.3 Å². The number of ether oxygens (including phenoxy) is 4. The topological polar surface area (TPSA) is 579 Å². The molecule has 626 valence electrons. The highest BCUT2D eigenvalue weighted by molar-refractivity contribution is 8.76. The Hall–Kier alpha value is -12.9. The summed E-state index contributed by atoms with van der Waals surface area (Å²) in [6.07, 6.45) is 5.89. The van der Waals surface area contributed by atoms with Gasteiger partial charge in [-0.15, -0.1) is 0 Å². The zero-order valence-corrected chi connectivity index (χ0v) is 68.0. The number of carboxylic acids is 1. The van der Waals surface area contributed by atoms with Crippen molar-refractivity contribution in [2.24, 2.45) is 23.3 Å². The molecular formula is C79H97N21O16S2. The number of aryl methyl sites for hydroxylation is 2. The summed E-state index contributed by atoms with van der Waals surface area (Å²) in [5.41, 5.74) is 30.6. The van der Waals surface area contributed by atoms with Crippen LogP contribution in [0.4, 0.5) is 16.4 Å². The van der Waals surface area contributed by atoms with E-state index in [0.29, 0.717) is 84.4 Å². The zero-order chi connectivity index (χ0) is 85.7. The largest absolute Gasteiger partial charge is 0.480 e. The van der Waals surface area contributed by atoms with Crippen molar-refractivity contribution < 1.29 is 72.0 Å². The van der Waals surface area contributed by atoms with Crippen molar-refractivity contribution in [2.45, 2.75) is 135 Å². The minimum atomic E-state index is -1.46. The number of ketones is 1. The Balaban J connectivity index is 0.792. The van der Waals surface area contributed by atoms with Crippen molar-refractivity contribution in [1.82, 2.24) is 77.3 Å². The Morgan fingerprint density at radius 3 is 2.14 bits per heavy atom. The number of esters is 3. The highest BCUT2D eigenvalue weighted by atomic mass is 33.1. The number of carbonyl (C=O) groups is 10. The molecule has 118 heavy (non-hydrogen) atoms. The number of fused-ring (bicyclic) bond motifs is 12. The van der Waals surface area contributed by atoms with Crippen LogP contribution in [0.2, 0.25) is 0 Å². The lowest BCUT2D eigenvalue weighted by atomic mass is 9.64. The normalized spacial score (nSPS) is 15.4. The minimum Gasteiger partial charge on any atom is -0.480 e. The molecule has 8 bridgehead atoms. The summed E-state index contributed by atoms with van der Waals surface area (Å²) in [7, 11) is 5.97. The number of allylic oxidation sites excluding steroid dienone is 8. The van der Waals surface area contributed by atoms with E-state index in [1.165, 1.54) is 27.5 Å². The number of benzene rings is 1. The molecule has 3 aliphatic heterocycles. The molecule has 0 saturated heterocycles. The standard InChI is InChI=1S/C79H97N21O16S2/c1-10-47-40(3)54-33-59-51-23-20-50(73(110)114-8)66(74(111)115-9)79(51,6)62(94-59)35-55-42(5)49(22-26-65(104)113-7)58(93-55)34-57-48(41(4)53(92-57)32-56(47)91-54)21-25-64(103)99-100-78(112)116-29-30-117-118-38-60(72(108)109)96-70(106)44(13-11-27-85-75(80)81)31-61(101)52(14-12-28-86-76(82)83)95-63(102)24-15-39(2)89-69(105)43-16-18-45(19-17-43)87-36-46-37-88-68-67(90-46)71(107)98-77(84)97-68/h10,16-20,23,32-35,37,39,44,52,60,66,87,92,94H,1,11-15,21-22,24-31,36,38H2,2-9H3,(H,89,105)(H,95,102)(H,96,106)(H,99,103)(H,100,112)(H,108,109)(H4,80,81,85)(H4,82,83,86)(H3,84,88,97,98,107)/t39-,44-,52+,60+,66-,79+/m1/s1. The molecular weight excluding hydrogens is 1560 g/mol. The van der Waals surface area contributed by atoms with Crippen LogP contribution in [0, 0.1) is 29.6 Å². The number of Topliss-reactive ketones (excluding diaryl/α,β-unsaturated/α-hetero) is 1. The van der Waals surface area contributed by atoms with Crippen LogP contribution < -0.4 is 65.5 Å². The fraction of sp³-hybridized carbons (Fsp3) is 0.392. The van der Waals surface area contributed by atoms with E-state index in [9.17, 15) is 57.8 Å². The van der Waals surface area contributed by atoms with Crippen LogP contribution in [-0.2, 0) is 75.7 Å². The summed E-state index contributed by atoms with van der Waals surface area (Å²) in [5, 5.41) is 42.1. The van der Waals surface area contributed by atoms with Gasteiger partial charge < -0.3 is 83.1 Å². The molecule has 0 spiro atoms. The fourth-order valence-corrected chi connectivity index (χ4v) is 15.8. The van der Waals surface area contributed by atoms with E-state index in [1.54, 1.807) is 49.4 Å². The number of nitrogen functional groups attached to an aromatic ring is 1. The molecule has 6 atom stereocenters. The maximum Gasteiger partial charge on any atom is 0.426 e. The number of guanidine groups is 2. The van der Waals surface area contributed by atoms with E-state index in [1.807, 2.05) is 52.0 Å². The number of hydrazine groups is 1. The number of nitrogens with zero attached hydrogens (tertiary/aromatic N) is 5. The summed E-state index contributed by atoms with van der Waals surface area (Å²) < 4.78 is 20.9. The number of H-pyrrole nitrogens is 3. The van der Waals surface area contributed by atoms with E-state index in [-0.39, 0.29) is 137 Å². The maximum atomic E-state index is 14.3. The van der Waals surface area contributed by atoms with Crippen molar-refractivity contribution in [3.63, 3.8) is 0 Å². The third-order valence-electron chi connectivity index (χ3n) is 20.2. The molecule has 4 aromatic heterocycles. The lowest BCUT2D eigenvalue weighted by Crippen LogP contribution is -2.47. The first kappa shape index (κ1) is 89.0. The Morgan fingerprint density at radius 1 is 0.746 bits per heavy atom. The average molecular weight is 1660 g/mol. The second kappa shape index (κ2) is 41.1. The molecule has 1 aromatic carbocycles. The number of hydrogen-bond acceptors (Lipinski definition) is 26. The molecule has 0 saturated carbocycles. The smallest absolute Gasteiger partial charge is 0.426 e.